The van der Waals surface area contributed by atoms with Gasteiger partial charge in [0.05, 0.1) is 29.5 Å². The molecule has 2 N–H and O–H groups in total. The number of anilines is 1. The fourth-order valence-corrected chi connectivity index (χ4v) is 1.92. The van der Waals surface area contributed by atoms with E-state index in [1.165, 1.54) is 19.4 Å². The zero-order chi connectivity index (χ0) is 12.6. The molecule has 0 saturated heterocycles. The van der Waals surface area contributed by atoms with Crippen LogP contribution in [0.5, 0.6) is 5.75 Å². The van der Waals surface area contributed by atoms with Crippen molar-refractivity contribution in [1.82, 2.24) is 5.16 Å². The highest BCUT2D eigenvalue weighted by Crippen LogP contribution is 2.42. The maximum Gasteiger partial charge on any atom is 0.230 e. The van der Waals surface area contributed by atoms with E-state index in [0.29, 0.717) is 22.4 Å². The minimum Gasteiger partial charge on any atom is -0.496 e. The summed E-state index contributed by atoms with van der Waals surface area (Å²) < 4.78 is 23.6. The van der Waals surface area contributed by atoms with Gasteiger partial charge in [0.25, 0.3) is 0 Å². The Hall–Kier alpha value is -1.75. The molecule has 0 spiro atoms. The summed E-state index contributed by atoms with van der Waals surface area (Å²) in [5.74, 6) is -0.0259. The van der Waals surface area contributed by atoms with Crippen molar-refractivity contribution in [1.29, 1.82) is 0 Å². The molecule has 0 aliphatic rings. The van der Waals surface area contributed by atoms with Crippen LogP contribution in [0.3, 0.4) is 0 Å². The van der Waals surface area contributed by atoms with Gasteiger partial charge in [-0.3, -0.25) is 0 Å². The zero-order valence-electron chi connectivity index (χ0n) is 9.25. The Labute approximate surface area is 102 Å². The highest BCUT2D eigenvalue weighted by Gasteiger charge is 2.21. The molecule has 6 heteroatoms. The second-order valence-electron chi connectivity index (χ2n) is 3.50. The molecular weight excluding hydrogens is 247 g/mol. The first-order valence-electron chi connectivity index (χ1n) is 4.79. The van der Waals surface area contributed by atoms with Gasteiger partial charge >= 0.3 is 0 Å². The molecule has 0 aliphatic carbocycles. The van der Waals surface area contributed by atoms with Gasteiger partial charge in [0.1, 0.15) is 11.6 Å². The number of hydrogen-bond donors (Lipinski definition) is 1. The van der Waals surface area contributed by atoms with Crippen molar-refractivity contribution in [3.8, 4) is 16.9 Å². The number of nitrogen functional groups attached to an aromatic ring is 1. The molecule has 0 radical (unpaired) electrons. The van der Waals surface area contributed by atoms with Crippen LogP contribution < -0.4 is 10.5 Å². The molecule has 90 valence electrons. The molecule has 0 atom stereocenters. The molecule has 2 rings (SSSR count). The van der Waals surface area contributed by atoms with Crippen LogP contribution in [-0.4, -0.2) is 12.3 Å². The Morgan fingerprint density at radius 2 is 2.24 bits per heavy atom. The number of aryl methyl sites for hydroxylation is 1. The van der Waals surface area contributed by atoms with E-state index in [1.54, 1.807) is 6.92 Å². The summed E-state index contributed by atoms with van der Waals surface area (Å²) in [5, 5.41) is 3.47. The van der Waals surface area contributed by atoms with E-state index in [0.717, 1.165) is 0 Å². The predicted molar refractivity (Wildman–Crippen MR) is 62.6 cm³/mol. The number of ether oxygens (including phenoxy) is 1. The first-order valence-corrected chi connectivity index (χ1v) is 5.17. The molecule has 0 unspecified atom stereocenters. The number of nitrogens with two attached hydrogens (primary N) is 1. The van der Waals surface area contributed by atoms with E-state index >= 15 is 0 Å². The quantitative estimate of drug-likeness (QED) is 0.897. The van der Waals surface area contributed by atoms with Gasteiger partial charge in [0.2, 0.25) is 5.88 Å². The molecule has 0 amide bonds. The lowest BCUT2D eigenvalue weighted by Gasteiger charge is -2.12. The molecule has 1 aromatic heterocycles. The normalized spacial score (nSPS) is 10.6. The topological polar surface area (TPSA) is 61.3 Å². The average Bonchev–Trinajstić information content (AvgIpc) is 2.69. The van der Waals surface area contributed by atoms with Crippen molar-refractivity contribution in [3.63, 3.8) is 0 Å². The van der Waals surface area contributed by atoms with Crippen LogP contribution in [-0.2, 0) is 0 Å². The van der Waals surface area contributed by atoms with Crippen molar-refractivity contribution in [3.05, 3.63) is 28.7 Å². The van der Waals surface area contributed by atoms with E-state index in [9.17, 15) is 4.39 Å². The maximum atomic E-state index is 13.6. The summed E-state index contributed by atoms with van der Waals surface area (Å²) in [6.07, 6.45) is 1.37. The number of halogens is 2. The van der Waals surface area contributed by atoms with Crippen molar-refractivity contribution in [2.45, 2.75) is 6.92 Å². The van der Waals surface area contributed by atoms with Crippen LogP contribution in [0.25, 0.3) is 11.1 Å². The Bertz CT molecular complexity index is 569. The fraction of sp³-hybridized carbons (Fsp3) is 0.182. The van der Waals surface area contributed by atoms with E-state index in [-0.39, 0.29) is 10.9 Å². The zero-order valence-corrected chi connectivity index (χ0v) is 10.0. The molecule has 1 aromatic carbocycles. The minimum atomic E-state index is -0.541. The average molecular weight is 257 g/mol. The van der Waals surface area contributed by atoms with Gasteiger partial charge in [-0.25, -0.2) is 4.39 Å². The molecule has 4 nitrogen and oxygen atoms in total. The molecule has 0 aliphatic heterocycles. The maximum absolute atomic E-state index is 13.6. The lowest BCUT2D eigenvalue weighted by Crippen LogP contribution is -1.96. The first-order chi connectivity index (χ1) is 8.06. The van der Waals surface area contributed by atoms with Crippen LogP contribution >= 0.6 is 11.6 Å². The van der Waals surface area contributed by atoms with Crippen LogP contribution in [0.1, 0.15) is 5.56 Å². The highest BCUT2D eigenvalue weighted by molar-refractivity contribution is 6.34. The van der Waals surface area contributed by atoms with E-state index in [1.807, 2.05) is 0 Å². The lowest BCUT2D eigenvalue weighted by atomic mass is 10.0. The Balaban J connectivity index is 2.80. The number of aromatic nitrogens is 1. The SMILES string of the molecule is COc1c(C)cc(F)c(Cl)c1-c1cnoc1N. The summed E-state index contributed by atoms with van der Waals surface area (Å²) in [6.45, 7) is 1.71. The summed E-state index contributed by atoms with van der Waals surface area (Å²) in [5.41, 5.74) is 6.98. The Morgan fingerprint density at radius 3 is 2.76 bits per heavy atom. The molecular formula is C11H10ClFN2O2. The van der Waals surface area contributed by atoms with Crippen molar-refractivity contribution < 1.29 is 13.7 Å². The number of rotatable bonds is 2. The number of nitrogens with zero attached hydrogens (tertiary/aromatic N) is 1. The van der Waals surface area contributed by atoms with E-state index < -0.39 is 5.82 Å². The lowest BCUT2D eigenvalue weighted by molar-refractivity contribution is 0.412. The summed E-state index contributed by atoms with van der Waals surface area (Å²) in [6, 6.07) is 1.30. The second-order valence-corrected chi connectivity index (χ2v) is 3.88. The molecule has 0 saturated carbocycles. The van der Waals surface area contributed by atoms with Gasteiger partial charge in [-0.15, -0.1) is 0 Å². The second kappa shape index (κ2) is 4.25. The van der Waals surface area contributed by atoms with Crippen molar-refractivity contribution >= 4 is 17.5 Å². The smallest absolute Gasteiger partial charge is 0.230 e. The van der Waals surface area contributed by atoms with Crippen molar-refractivity contribution in [2.24, 2.45) is 0 Å². The number of hydrogen-bond acceptors (Lipinski definition) is 4. The standard InChI is InChI=1S/C11H10ClFN2O2/c1-5-3-7(13)9(12)8(10(5)16-2)6-4-15-17-11(6)14/h3-4H,14H2,1-2H3. The Kier molecular flexibility index (Phi) is 2.93. The third kappa shape index (κ3) is 1.82. The summed E-state index contributed by atoms with van der Waals surface area (Å²) in [4.78, 5) is 0. The molecule has 0 bridgehead atoms. The van der Waals surface area contributed by atoms with Gasteiger partial charge in [-0.2, -0.15) is 0 Å². The van der Waals surface area contributed by atoms with Gasteiger partial charge in [-0.1, -0.05) is 16.8 Å². The van der Waals surface area contributed by atoms with Crippen LogP contribution in [0.15, 0.2) is 16.8 Å². The Morgan fingerprint density at radius 1 is 1.53 bits per heavy atom. The van der Waals surface area contributed by atoms with E-state index in [4.69, 9.17) is 26.6 Å². The van der Waals surface area contributed by atoms with Gasteiger partial charge in [0.15, 0.2) is 0 Å². The fourth-order valence-electron chi connectivity index (χ4n) is 1.68. The summed E-state index contributed by atoms with van der Waals surface area (Å²) in [7, 11) is 1.48. The number of benzene rings is 1. The first kappa shape index (κ1) is 11.7. The number of methoxy groups -OCH3 is 1. The molecule has 0 fully saturated rings. The molecule has 17 heavy (non-hydrogen) atoms. The van der Waals surface area contributed by atoms with Gasteiger partial charge in [0, 0.05) is 0 Å². The van der Waals surface area contributed by atoms with Gasteiger partial charge < -0.3 is 15.0 Å². The van der Waals surface area contributed by atoms with Crippen molar-refractivity contribution in [2.75, 3.05) is 12.8 Å². The molecule has 1 heterocycles. The molecule has 2 aromatic rings. The third-order valence-electron chi connectivity index (χ3n) is 2.43. The van der Waals surface area contributed by atoms with E-state index in [2.05, 4.69) is 5.16 Å². The van der Waals surface area contributed by atoms with Gasteiger partial charge in [-0.05, 0) is 18.6 Å². The predicted octanol–water partition coefficient (Wildman–Crippen LogP) is 3.03. The van der Waals surface area contributed by atoms with Crippen LogP contribution in [0.2, 0.25) is 5.02 Å². The largest absolute Gasteiger partial charge is 0.496 e. The minimum absolute atomic E-state index is 0.0650. The van der Waals surface area contributed by atoms with Crippen LogP contribution in [0.4, 0.5) is 10.3 Å². The van der Waals surface area contributed by atoms with Crippen LogP contribution in [0, 0.1) is 12.7 Å². The highest BCUT2D eigenvalue weighted by atomic mass is 35.5. The third-order valence-corrected chi connectivity index (χ3v) is 2.80. The monoisotopic (exact) mass is 256 g/mol. The summed E-state index contributed by atoms with van der Waals surface area (Å²) >= 11 is 5.93.